The molecule has 3 aromatic rings. The summed E-state index contributed by atoms with van der Waals surface area (Å²) in [5, 5.41) is 0. The number of aromatic nitrogens is 2. The van der Waals surface area contributed by atoms with E-state index in [0.29, 0.717) is 5.56 Å². The molecule has 0 spiro atoms. The molecule has 0 aliphatic carbocycles. The Morgan fingerprint density at radius 1 is 1.20 bits per heavy atom. The molecule has 2 aromatic heterocycles. The van der Waals surface area contributed by atoms with Gasteiger partial charge in [0.05, 0.1) is 17.6 Å². The van der Waals surface area contributed by atoms with E-state index in [0.717, 1.165) is 47.9 Å². The average Bonchev–Trinajstić information content (AvgIpc) is 3.06. The summed E-state index contributed by atoms with van der Waals surface area (Å²) < 4.78 is 2.07. The van der Waals surface area contributed by atoms with Gasteiger partial charge in [-0.25, -0.2) is 4.98 Å². The van der Waals surface area contributed by atoms with Gasteiger partial charge in [-0.1, -0.05) is 31.2 Å². The Bertz CT molecular complexity index is 920. The van der Waals surface area contributed by atoms with E-state index < -0.39 is 0 Å². The van der Waals surface area contributed by atoms with E-state index in [1.54, 1.807) is 0 Å². The summed E-state index contributed by atoms with van der Waals surface area (Å²) in [7, 11) is 0. The fourth-order valence-electron chi connectivity index (χ4n) is 3.70. The molecule has 0 saturated carbocycles. The van der Waals surface area contributed by atoms with Crippen LogP contribution in [0, 0.1) is 12.8 Å². The van der Waals surface area contributed by atoms with Crippen molar-refractivity contribution in [3.05, 3.63) is 53.9 Å². The van der Waals surface area contributed by atoms with Crippen molar-refractivity contribution in [3.8, 4) is 11.3 Å². The van der Waals surface area contributed by atoms with Crippen LogP contribution in [0.3, 0.4) is 0 Å². The third-order valence-electron chi connectivity index (χ3n) is 5.29. The molecule has 25 heavy (non-hydrogen) atoms. The predicted octanol–water partition coefficient (Wildman–Crippen LogP) is 4.36. The number of imidazole rings is 1. The van der Waals surface area contributed by atoms with Gasteiger partial charge in [0, 0.05) is 30.4 Å². The van der Waals surface area contributed by atoms with Crippen LogP contribution in [-0.2, 0) is 0 Å². The number of aryl methyl sites for hydroxylation is 1. The van der Waals surface area contributed by atoms with Crippen LogP contribution in [0.4, 0.5) is 5.69 Å². The number of hydrogen-bond donors (Lipinski definition) is 0. The summed E-state index contributed by atoms with van der Waals surface area (Å²) in [5.41, 5.74) is 6.07. The maximum atomic E-state index is 11.5. The Balaban J connectivity index is 1.88. The quantitative estimate of drug-likeness (QED) is 0.668. The number of fused-ring (bicyclic) bond motifs is 1. The Morgan fingerprint density at radius 2 is 1.96 bits per heavy atom. The van der Waals surface area contributed by atoms with Crippen LogP contribution in [0.5, 0.6) is 0 Å². The van der Waals surface area contributed by atoms with E-state index in [-0.39, 0.29) is 0 Å². The van der Waals surface area contributed by atoms with Crippen LogP contribution >= 0.6 is 0 Å². The van der Waals surface area contributed by atoms with Gasteiger partial charge in [0.2, 0.25) is 0 Å². The topological polar surface area (TPSA) is 37.6 Å². The molecule has 0 bridgehead atoms. The van der Waals surface area contributed by atoms with Crippen molar-refractivity contribution in [3.63, 3.8) is 0 Å². The van der Waals surface area contributed by atoms with E-state index in [4.69, 9.17) is 4.98 Å². The molecule has 1 fully saturated rings. The lowest BCUT2D eigenvalue weighted by atomic mass is 9.99. The van der Waals surface area contributed by atoms with Gasteiger partial charge >= 0.3 is 0 Å². The van der Waals surface area contributed by atoms with Crippen molar-refractivity contribution in [2.75, 3.05) is 18.0 Å². The number of rotatable bonds is 3. The fraction of sp³-hybridized carbons (Fsp3) is 0.333. The van der Waals surface area contributed by atoms with Crippen LogP contribution in [-0.4, -0.2) is 28.8 Å². The second kappa shape index (κ2) is 6.36. The van der Waals surface area contributed by atoms with Gasteiger partial charge in [0.15, 0.2) is 11.9 Å². The summed E-state index contributed by atoms with van der Waals surface area (Å²) in [6, 6.07) is 10.3. The molecular weight excluding hydrogens is 310 g/mol. The maximum Gasteiger partial charge on any atom is 0.161 e. The maximum absolute atomic E-state index is 11.5. The van der Waals surface area contributed by atoms with Gasteiger partial charge in [0.25, 0.3) is 0 Å². The van der Waals surface area contributed by atoms with Gasteiger partial charge < -0.3 is 4.90 Å². The Labute approximate surface area is 148 Å². The highest BCUT2D eigenvalue weighted by Gasteiger charge is 2.20. The zero-order valence-electron chi connectivity index (χ0n) is 14.8. The third-order valence-corrected chi connectivity index (χ3v) is 5.29. The number of nitrogens with zero attached hydrogens (tertiary/aromatic N) is 3. The second-order valence-electron chi connectivity index (χ2n) is 7.10. The first kappa shape index (κ1) is 15.9. The van der Waals surface area contributed by atoms with E-state index in [9.17, 15) is 4.79 Å². The zero-order valence-corrected chi connectivity index (χ0v) is 14.8. The standard InChI is InChI=1S/C21H23N3O/c1-15-7-9-23(10-8-15)19-11-17(14-25)13-24-20(12-22-21(19)24)18-6-4-3-5-16(18)2/h3-6,11-15H,7-10H2,1-2H3. The summed E-state index contributed by atoms with van der Waals surface area (Å²) >= 11 is 0. The number of piperidine rings is 1. The summed E-state index contributed by atoms with van der Waals surface area (Å²) in [5.74, 6) is 0.767. The first-order valence-electron chi connectivity index (χ1n) is 8.94. The SMILES string of the molecule is Cc1ccccc1-c1cnc2c(N3CCC(C)CC3)cc(C=O)cn12. The van der Waals surface area contributed by atoms with Crippen molar-refractivity contribution in [1.29, 1.82) is 0 Å². The molecule has 0 N–H and O–H groups in total. The molecule has 4 rings (SSSR count). The van der Waals surface area contributed by atoms with E-state index in [1.165, 1.54) is 18.4 Å². The molecule has 4 heteroatoms. The molecule has 128 valence electrons. The Hall–Kier alpha value is -2.62. The number of benzene rings is 1. The molecule has 1 saturated heterocycles. The predicted molar refractivity (Wildman–Crippen MR) is 101 cm³/mol. The Kier molecular flexibility index (Phi) is 4.04. The highest BCUT2D eigenvalue weighted by atomic mass is 16.1. The first-order chi connectivity index (χ1) is 12.2. The van der Waals surface area contributed by atoms with Crippen molar-refractivity contribution in [2.24, 2.45) is 5.92 Å². The zero-order chi connectivity index (χ0) is 17.4. The van der Waals surface area contributed by atoms with Crippen LogP contribution in [0.25, 0.3) is 16.9 Å². The lowest BCUT2D eigenvalue weighted by molar-refractivity contribution is 0.112. The normalized spacial score (nSPS) is 15.7. The third kappa shape index (κ3) is 2.82. The fourth-order valence-corrected chi connectivity index (χ4v) is 3.70. The second-order valence-corrected chi connectivity index (χ2v) is 7.10. The number of hydrogen-bond acceptors (Lipinski definition) is 3. The molecule has 0 unspecified atom stereocenters. The number of anilines is 1. The van der Waals surface area contributed by atoms with Gasteiger partial charge in [-0.15, -0.1) is 0 Å². The summed E-state index contributed by atoms with van der Waals surface area (Å²) in [6.07, 6.45) is 7.11. The molecule has 4 nitrogen and oxygen atoms in total. The van der Waals surface area contributed by atoms with Crippen LogP contribution in [0.15, 0.2) is 42.7 Å². The number of pyridine rings is 1. The van der Waals surface area contributed by atoms with Crippen molar-refractivity contribution >= 4 is 17.6 Å². The highest BCUT2D eigenvalue weighted by molar-refractivity contribution is 5.83. The van der Waals surface area contributed by atoms with E-state index >= 15 is 0 Å². The molecular formula is C21H23N3O. The summed E-state index contributed by atoms with van der Waals surface area (Å²) in [4.78, 5) is 18.6. The van der Waals surface area contributed by atoms with Gasteiger partial charge in [-0.05, 0) is 37.3 Å². The monoisotopic (exact) mass is 333 g/mol. The minimum absolute atomic E-state index is 0.689. The van der Waals surface area contributed by atoms with Gasteiger partial charge in [0.1, 0.15) is 0 Å². The smallest absolute Gasteiger partial charge is 0.161 e. The van der Waals surface area contributed by atoms with Crippen molar-refractivity contribution in [2.45, 2.75) is 26.7 Å². The van der Waals surface area contributed by atoms with Gasteiger partial charge in [-0.2, -0.15) is 0 Å². The first-order valence-corrected chi connectivity index (χ1v) is 8.94. The average molecular weight is 333 g/mol. The van der Waals surface area contributed by atoms with Crippen LogP contribution in [0.1, 0.15) is 35.7 Å². The highest BCUT2D eigenvalue weighted by Crippen LogP contribution is 2.31. The number of carbonyl (C=O) groups excluding carboxylic acids is 1. The molecule has 0 amide bonds. The minimum atomic E-state index is 0.689. The van der Waals surface area contributed by atoms with Crippen molar-refractivity contribution < 1.29 is 4.79 Å². The van der Waals surface area contributed by atoms with E-state index in [1.807, 2.05) is 30.6 Å². The molecule has 0 atom stereocenters. The summed E-state index contributed by atoms with van der Waals surface area (Å²) in [6.45, 7) is 6.45. The molecule has 1 aromatic carbocycles. The number of aldehydes is 1. The Morgan fingerprint density at radius 3 is 2.68 bits per heavy atom. The largest absolute Gasteiger partial charge is 0.368 e. The molecule has 0 radical (unpaired) electrons. The minimum Gasteiger partial charge on any atom is -0.368 e. The molecule has 3 heterocycles. The molecule has 1 aliphatic heterocycles. The van der Waals surface area contributed by atoms with E-state index in [2.05, 4.69) is 35.3 Å². The molecule has 1 aliphatic rings. The van der Waals surface area contributed by atoms with Crippen molar-refractivity contribution in [1.82, 2.24) is 9.38 Å². The lowest BCUT2D eigenvalue weighted by Crippen LogP contribution is -2.33. The van der Waals surface area contributed by atoms with Crippen LogP contribution in [0.2, 0.25) is 0 Å². The van der Waals surface area contributed by atoms with Gasteiger partial charge in [-0.3, -0.25) is 9.20 Å². The lowest BCUT2D eigenvalue weighted by Gasteiger charge is -2.32. The number of carbonyl (C=O) groups is 1. The van der Waals surface area contributed by atoms with Crippen LogP contribution < -0.4 is 4.90 Å².